The SMILES string of the molecule is CC(C)(C)OC(=O)N1CCC2(CC1)Cc1ccccc1[C@H]2N[S+]([O-])C(C)(C)C. The number of hydrogen-bond acceptors (Lipinski definition) is 4. The summed E-state index contributed by atoms with van der Waals surface area (Å²) in [4.78, 5) is 14.3. The van der Waals surface area contributed by atoms with Crippen molar-refractivity contribution in [3.8, 4) is 0 Å². The molecule has 1 spiro atoms. The van der Waals surface area contributed by atoms with Gasteiger partial charge in [0.05, 0.1) is 6.04 Å². The number of hydrogen-bond donors (Lipinski definition) is 1. The van der Waals surface area contributed by atoms with Crippen LogP contribution in [0, 0.1) is 5.41 Å². The summed E-state index contributed by atoms with van der Waals surface area (Å²) in [5, 5.41) is 0. The van der Waals surface area contributed by atoms with Gasteiger partial charge in [0, 0.05) is 29.9 Å². The maximum Gasteiger partial charge on any atom is 0.410 e. The first-order chi connectivity index (χ1) is 12.9. The van der Waals surface area contributed by atoms with Gasteiger partial charge in [-0.05, 0) is 71.9 Å². The molecule has 0 radical (unpaired) electrons. The third-order valence-corrected chi connectivity index (χ3v) is 7.28. The Hall–Kier alpha value is -1.24. The molecule has 1 N–H and O–H groups in total. The Morgan fingerprint density at radius 1 is 1.18 bits per heavy atom. The molecule has 0 bridgehead atoms. The van der Waals surface area contributed by atoms with Gasteiger partial charge in [-0.3, -0.25) is 0 Å². The average molecular weight is 407 g/mol. The van der Waals surface area contributed by atoms with E-state index in [0.29, 0.717) is 13.1 Å². The van der Waals surface area contributed by atoms with Crippen molar-refractivity contribution < 1.29 is 14.1 Å². The largest absolute Gasteiger partial charge is 0.598 e. The number of piperidine rings is 1. The van der Waals surface area contributed by atoms with Crippen LogP contribution in [0.4, 0.5) is 4.79 Å². The molecule has 2 aliphatic rings. The number of ether oxygens (including phenoxy) is 1. The highest BCUT2D eigenvalue weighted by Crippen LogP contribution is 2.52. The molecule has 3 rings (SSSR count). The minimum atomic E-state index is -1.15. The van der Waals surface area contributed by atoms with Crippen LogP contribution in [0.2, 0.25) is 0 Å². The number of carbonyl (C=O) groups is 1. The predicted molar refractivity (Wildman–Crippen MR) is 113 cm³/mol. The molecule has 1 aromatic carbocycles. The second kappa shape index (κ2) is 7.54. The van der Waals surface area contributed by atoms with Crippen LogP contribution in [-0.2, 0) is 22.5 Å². The summed E-state index contributed by atoms with van der Waals surface area (Å²) < 4.78 is 21.6. The normalized spacial score (nSPS) is 22.8. The fourth-order valence-corrected chi connectivity index (χ4v) is 5.13. The van der Waals surface area contributed by atoms with Crippen LogP contribution >= 0.6 is 0 Å². The highest BCUT2D eigenvalue weighted by atomic mass is 32.2. The van der Waals surface area contributed by atoms with E-state index >= 15 is 0 Å². The quantitative estimate of drug-likeness (QED) is 0.742. The summed E-state index contributed by atoms with van der Waals surface area (Å²) in [5.41, 5.74) is 2.09. The van der Waals surface area contributed by atoms with Crippen molar-refractivity contribution in [2.75, 3.05) is 13.1 Å². The summed E-state index contributed by atoms with van der Waals surface area (Å²) in [5.74, 6) is 0. The average Bonchev–Trinajstić information content (AvgIpc) is 2.86. The van der Waals surface area contributed by atoms with Gasteiger partial charge in [0.1, 0.15) is 10.3 Å². The van der Waals surface area contributed by atoms with Gasteiger partial charge < -0.3 is 14.2 Å². The molecule has 1 aliphatic heterocycles. The van der Waals surface area contributed by atoms with Crippen molar-refractivity contribution in [2.45, 2.75) is 77.2 Å². The first-order valence-electron chi connectivity index (χ1n) is 10.2. The zero-order chi connectivity index (χ0) is 20.7. The van der Waals surface area contributed by atoms with Gasteiger partial charge in [0.2, 0.25) is 0 Å². The lowest BCUT2D eigenvalue weighted by Crippen LogP contribution is -2.51. The third kappa shape index (κ3) is 4.50. The van der Waals surface area contributed by atoms with Gasteiger partial charge in [0.25, 0.3) is 0 Å². The molecule has 2 atom stereocenters. The first kappa shape index (κ1) is 21.5. The number of carbonyl (C=O) groups excluding carboxylic acids is 1. The molecule has 0 aromatic heterocycles. The van der Waals surface area contributed by atoms with Gasteiger partial charge in [-0.15, -0.1) is 4.72 Å². The van der Waals surface area contributed by atoms with E-state index in [-0.39, 0.29) is 22.3 Å². The Kier molecular flexibility index (Phi) is 5.78. The Morgan fingerprint density at radius 2 is 1.79 bits per heavy atom. The van der Waals surface area contributed by atoms with Crippen LogP contribution in [0.15, 0.2) is 24.3 Å². The van der Waals surface area contributed by atoms with Crippen molar-refractivity contribution in [2.24, 2.45) is 5.41 Å². The molecular formula is C22H34N2O3S. The second-order valence-corrected chi connectivity index (χ2v) is 12.1. The standard InChI is InChI=1S/C22H34N2O3S/c1-20(2,3)27-19(25)24-13-11-22(12-14-24)15-16-9-7-8-10-17(16)18(22)23-28(26)21(4,5)6/h7-10,18,23H,11-15H2,1-6H3/t18-,28?/m1/s1. The number of amides is 1. The molecule has 1 fully saturated rings. The van der Waals surface area contributed by atoms with E-state index in [1.807, 2.05) is 46.4 Å². The maximum absolute atomic E-state index is 12.9. The van der Waals surface area contributed by atoms with Crippen molar-refractivity contribution >= 4 is 17.5 Å². The van der Waals surface area contributed by atoms with Gasteiger partial charge in [-0.1, -0.05) is 24.3 Å². The third-order valence-electron chi connectivity index (χ3n) is 5.71. The Morgan fingerprint density at radius 3 is 2.36 bits per heavy atom. The van der Waals surface area contributed by atoms with E-state index in [4.69, 9.17) is 4.74 Å². The summed E-state index contributed by atoms with van der Waals surface area (Å²) in [7, 11) is 0. The maximum atomic E-state index is 12.9. The zero-order valence-electron chi connectivity index (χ0n) is 18.0. The number of nitrogens with zero attached hydrogens (tertiary/aromatic N) is 1. The molecule has 0 saturated carbocycles. The van der Waals surface area contributed by atoms with Gasteiger partial charge >= 0.3 is 6.09 Å². The lowest BCUT2D eigenvalue weighted by molar-refractivity contribution is 0.00716. The number of likely N-dealkylation sites (tertiary alicyclic amines) is 1. The fraction of sp³-hybridized carbons (Fsp3) is 0.682. The van der Waals surface area contributed by atoms with Gasteiger partial charge in [-0.25, -0.2) is 4.79 Å². The minimum Gasteiger partial charge on any atom is -0.598 e. The van der Waals surface area contributed by atoms with Crippen LogP contribution in [-0.4, -0.2) is 39.0 Å². The Bertz CT molecular complexity index is 715. The molecular weight excluding hydrogens is 372 g/mol. The van der Waals surface area contributed by atoms with Gasteiger partial charge in [-0.2, -0.15) is 0 Å². The van der Waals surface area contributed by atoms with E-state index in [2.05, 4.69) is 29.0 Å². The molecule has 1 unspecified atom stereocenters. The number of nitrogens with one attached hydrogen (secondary N) is 1. The van der Waals surface area contributed by atoms with Crippen molar-refractivity contribution in [3.63, 3.8) is 0 Å². The van der Waals surface area contributed by atoms with Crippen LogP contribution < -0.4 is 4.72 Å². The lowest BCUT2D eigenvalue weighted by atomic mass is 9.73. The van der Waals surface area contributed by atoms with Crippen LogP contribution in [0.25, 0.3) is 0 Å². The molecule has 1 aromatic rings. The Balaban J connectivity index is 1.78. The summed E-state index contributed by atoms with van der Waals surface area (Å²) in [6, 6.07) is 8.51. The van der Waals surface area contributed by atoms with E-state index in [9.17, 15) is 9.35 Å². The van der Waals surface area contributed by atoms with E-state index in [1.165, 1.54) is 11.1 Å². The van der Waals surface area contributed by atoms with Crippen molar-refractivity contribution in [1.29, 1.82) is 0 Å². The van der Waals surface area contributed by atoms with E-state index in [0.717, 1.165) is 19.3 Å². The predicted octanol–water partition coefficient (Wildman–Crippen LogP) is 4.35. The molecule has 1 heterocycles. The van der Waals surface area contributed by atoms with Crippen molar-refractivity contribution in [1.82, 2.24) is 9.62 Å². The van der Waals surface area contributed by atoms with E-state index in [1.54, 1.807) is 0 Å². The zero-order valence-corrected chi connectivity index (χ0v) is 18.8. The number of benzene rings is 1. The smallest absolute Gasteiger partial charge is 0.410 e. The highest BCUT2D eigenvalue weighted by Gasteiger charge is 2.51. The minimum absolute atomic E-state index is 0.0108. The molecule has 5 nitrogen and oxygen atoms in total. The first-order valence-corrected chi connectivity index (χ1v) is 11.3. The summed E-state index contributed by atoms with van der Waals surface area (Å²) >= 11 is -1.15. The van der Waals surface area contributed by atoms with Crippen LogP contribution in [0.3, 0.4) is 0 Å². The summed E-state index contributed by atoms with van der Waals surface area (Å²) in [6.45, 7) is 13.0. The molecule has 28 heavy (non-hydrogen) atoms. The number of fused-ring (bicyclic) bond motifs is 1. The molecule has 1 saturated heterocycles. The topological polar surface area (TPSA) is 64.6 Å². The fourth-order valence-electron chi connectivity index (χ4n) is 4.19. The monoisotopic (exact) mass is 406 g/mol. The Labute approximate surface area is 172 Å². The lowest BCUT2D eigenvalue weighted by Gasteiger charge is -2.43. The molecule has 156 valence electrons. The molecule has 6 heteroatoms. The van der Waals surface area contributed by atoms with Crippen LogP contribution in [0.1, 0.15) is 71.6 Å². The second-order valence-electron chi connectivity index (χ2n) is 10.1. The number of rotatable bonds is 2. The molecule has 1 amide bonds. The van der Waals surface area contributed by atoms with Crippen molar-refractivity contribution in [3.05, 3.63) is 35.4 Å². The van der Waals surface area contributed by atoms with E-state index < -0.39 is 17.0 Å². The van der Waals surface area contributed by atoms with Gasteiger partial charge in [0.15, 0.2) is 0 Å². The molecule has 1 aliphatic carbocycles. The van der Waals surface area contributed by atoms with Crippen LogP contribution in [0.5, 0.6) is 0 Å². The highest BCUT2D eigenvalue weighted by molar-refractivity contribution is 7.90. The summed E-state index contributed by atoms with van der Waals surface area (Å²) in [6.07, 6.45) is 2.48.